The molecule has 2 heterocycles. The third-order valence-corrected chi connectivity index (χ3v) is 6.73. The highest BCUT2D eigenvalue weighted by Crippen LogP contribution is 2.32. The molecule has 0 saturated carbocycles. The van der Waals surface area contributed by atoms with E-state index in [0.717, 1.165) is 17.0 Å². The largest absolute Gasteiger partial charge is 0.497 e. The number of amides is 1. The number of nitrogens with zero attached hydrogens (tertiary/aromatic N) is 5. The quantitative estimate of drug-likeness (QED) is 0.199. The molecule has 37 heavy (non-hydrogen) atoms. The molecule has 0 spiro atoms. The molecule has 0 fully saturated rings. The molecule has 0 unspecified atom stereocenters. The van der Waals surface area contributed by atoms with E-state index in [9.17, 15) is 9.59 Å². The Morgan fingerprint density at radius 1 is 1.08 bits per heavy atom. The summed E-state index contributed by atoms with van der Waals surface area (Å²) in [5.74, 6) is 0.133. The fourth-order valence-electron chi connectivity index (χ4n) is 3.72. The average molecular weight is 530 g/mol. The van der Waals surface area contributed by atoms with Crippen LogP contribution < -0.4 is 9.75 Å². The van der Waals surface area contributed by atoms with Gasteiger partial charge in [-0.05, 0) is 49.4 Å². The Morgan fingerprint density at radius 2 is 1.84 bits per heavy atom. The highest BCUT2D eigenvalue weighted by molar-refractivity contribution is 7.14. The third-order valence-electron chi connectivity index (χ3n) is 5.68. The number of anilines is 1. The Kier molecular flexibility index (Phi) is 6.89. The number of methoxy groups -OCH3 is 1. The van der Waals surface area contributed by atoms with Crippen LogP contribution in [-0.4, -0.2) is 35.5 Å². The SMILES string of the molecule is COc1ccc(-c2csc(N3N=C(C)[C@H](N=Nc4ccc(Cl)cc4C(=O)c4ccccc4)C3=O)n2)cc1. The second-order valence-electron chi connectivity index (χ2n) is 8.11. The molecule has 5 rings (SSSR count). The standard InChI is InChI=1S/C27H20ClN5O3S/c1-16-24(31-30-22-13-10-19(28)14-21(22)25(34)18-6-4-3-5-7-18)26(35)33(32-16)27-29-23(15-37-27)17-8-11-20(36-2)12-9-17/h3-15,24H,1-2H3/t24-/m0/s1. The van der Waals surface area contributed by atoms with Crippen LogP contribution in [0.1, 0.15) is 22.8 Å². The van der Waals surface area contributed by atoms with Crippen LogP contribution in [0.2, 0.25) is 5.02 Å². The summed E-state index contributed by atoms with van der Waals surface area (Å²) in [6, 6.07) is 20.2. The smallest absolute Gasteiger partial charge is 0.282 e. The molecule has 0 N–H and O–H groups in total. The van der Waals surface area contributed by atoms with Gasteiger partial charge in [0.05, 0.1) is 29.8 Å². The molecule has 1 atom stereocenters. The van der Waals surface area contributed by atoms with Crippen molar-refractivity contribution in [3.05, 3.63) is 94.3 Å². The zero-order valence-electron chi connectivity index (χ0n) is 19.8. The summed E-state index contributed by atoms with van der Waals surface area (Å²) in [6.45, 7) is 1.71. The maximum absolute atomic E-state index is 13.2. The number of carbonyl (C=O) groups is 2. The van der Waals surface area contributed by atoms with Crippen LogP contribution in [0.3, 0.4) is 0 Å². The van der Waals surface area contributed by atoms with Crippen molar-refractivity contribution >= 4 is 51.2 Å². The van der Waals surface area contributed by atoms with Crippen molar-refractivity contribution < 1.29 is 14.3 Å². The lowest BCUT2D eigenvalue weighted by Crippen LogP contribution is -2.29. The minimum absolute atomic E-state index is 0.240. The molecule has 0 saturated heterocycles. The fraction of sp³-hybridized carbons (Fsp3) is 0.111. The number of aromatic nitrogens is 1. The molecule has 0 bridgehead atoms. The van der Waals surface area contributed by atoms with Gasteiger partial charge in [0.15, 0.2) is 11.8 Å². The van der Waals surface area contributed by atoms with Crippen LogP contribution in [-0.2, 0) is 4.79 Å². The van der Waals surface area contributed by atoms with Crippen LogP contribution in [0.15, 0.2) is 93.5 Å². The number of ether oxygens (including phenoxy) is 1. The number of halogens is 1. The van der Waals surface area contributed by atoms with Gasteiger partial charge in [0, 0.05) is 21.5 Å². The highest BCUT2D eigenvalue weighted by Gasteiger charge is 2.36. The van der Waals surface area contributed by atoms with Crippen molar-refractivity contribution in [2.75, 3.05) is 12.1 Å². The first-order chi connectivity index (χ1) is 17.9. The number of benzene rings is 3. The summed E-state index contributed by atoms with van der Waals surface area (Å²) in [5.41, 5.74) is 3.19. The van der Waals surface area contributed by atoms with Crippen molar-refractivity contribution in [3.63, 3.8) is 0 Å². The van der Waals surface area contributed by atoms with Crippen molar-refractivity contribution in [1.29, 1.82) is 0 Å². The first-order valence-electron chi connectivity index (χ1n) is 11.2. The minimum atomic E-state index is -0.927. The molecule has 4 aromatic rings. The van der Waals surface area contributed by atoms with Crippen molar-refractivity contribution in [3.8, 4) is 17.0 Å². The van der Waals surface area contributed by atoms with E-state index >= 15 is 0 Å². The number of azo groups is 1. The molecule has 0 radical (unpaired) electrons. The maximum atomic E-state index is 13.2. The fourth-order valence-corrected chi connectivity index (χ4v) is 4.68. The minimum Gasteiger partial charge on any atom is -0.497 e. The summed E-state index contributed by atoms with van der Waals surface area (Å²) in [7, 11) is 1.61. The Morgan fingerprint density at radius 3 is 2.57 bits per heavy atom. The van der Waals surface area contributed by atoms with Gasteiger partial charge in [-0.1, -0.05) is 41.9 Å². The zero-order valence-corrected chi connectivity index (χ0v) is 21.4. The number of hydrogen-bond acceptors (Lipinski definition) is 8. The van der Waals surface area contributed by atoms with E-state index in [1.807, 2.05) is 35.7 Å². The van der Waals surface area contributed by atoms with E-state index in [2.05, 4.69) is 20.3 Å². The van der Waals surface area contributed by atoms with Crippen molar-refractivity contribution in [2.45, 2.75) is 13.0 Å². The molecule has 10 heteroatoms. The van der Waals surface area contributed by atoms with Crippen LogP contribution in [0, 0.1) is 0 Å². The van der Waals surface area contributed by atoms with Gasteiger partial charge in [-0.15, -0.1) is 11.3 Å². The second kappa shape index (κ2) is 10.4. The van der Waals surface area contributed by atoms with Crippen LogP contribution in [0.25, 0.3) is 11.3 Å². The number of ketones is 1. The van der Waals surface area contributed by atoms with E-state index < -0.39 is 6.04 Å². The van der Waals surface area contributed by atoms with Gasteiger partial charge in [-0.3, -0.25) is 9.59 Å². The molecule has 1 aliphatic rings. The lowest BCUT2D eigenvalue weighted by atomic mass is 10.0. The van der Waals surface area contributed by atoms with E-state index in [1.165, 1.54) is 16.3 Å². The average Bonchev–Trinajstić information content (AvgIpc) is 3.52. The number of thiazole rings is 1. The van der Waals surface area contributed by atoms with Gasteiger partial charge in [0.2, 0.25) is 5.13 Å². The summed E-state index contributed by atoms with van der Waals surface area (Å²) < 4.78 is 5.20. The molecular formula is C27H20ClN5O3S. The summed E-state index contributed by atoms with van der Waals surface area (Å²) in [5, 5.41) is 16.8. The van der Waals surface area contributed by atoms with E-state index in [1.54, 1.807) is 56.5 Å². The van der Waals surface area contributed by atoms with Crippen molar-refractivity contribution in [1.82, 2.24) is 4.98 Å². The first-order valence-corrected chi connectivity index (χ1v) is 12.5. The van der Waals surface area contributed by atoms with Gasteiger partial charge >= 0.3 is 0 Å². The number of rotatable bonds is 7. The summed E-state index contributed by atoms with van der Waals surface area (Å²) in [4.78, 5) is 30.8. The van der Waals surface area contributed by atoms with E-state index in [-0.39, 0.29) is 11.7 Å². The predicted octanol–water partition coefficient (Wildman–Crippen LogP) is 6.58. The lowest BCUT2D eigenvalue weighted by molar-refractivity contribution is -0.117. The van der Waals surface area contributed by atoms with Crippen LogP contribution >= 0.6 is 22.9 Å². The molecule has 8 nitrogen and oxygen atoms in total. The Bertz CT molecular complexity index is 1530. The highest BCUT2D eigenvalue weighted by atomic mass is 35.5. The molecule has 1 aliphatic heterocycles. The Hall–Kier alpha value is -4.21. The molecule has 0 aliphatic carbocycles. The first kappa shape index (κ1) is 24.5. The molecular weight excluding hydrogens is 510 g/mol. The number of carbonyl (C=O) groups excluding carboxylic acids is 2. The van der Waals surface area contributed by atoms with Gasteiger partial charge in [0.1, 0.15) is 5.75 Å². The van der Waals surface area contributed by atoms with Crippen LogP contribution in [0.4, 0.5) is 10.8 Å². The number of hydrogen-bond donors (Lipinski definition) is 0. The van der Waals surface area contributed by atoms with E-state index in [4.69, 9.17) is 16.3 Å². The van der Waals surface area contributed by atoms with Crippen LogP contribution in [0.5, 0.6) is 5.75 Å². The molecule has 1 aromatic heterocycles. The van der Waals surface area contributed by atoms with E-state index in [0.29, 0.717) is 32.7 Å². The van der Waals surface area contributed by atoms with Gasteiger partial charge < -0.3 is 4.74 Å². The maximum Gasteiger partial charge on any atom is 0.282 e. The summed E-state index contributed by atoms with van der Waals surface area (Å²) >= 11 is 7.46. The third kappa shape index (κ3) is 5.04. The van der Waals surface area contributed by atoms with Gasteiger partial charge in [-0.25, -0.2) is 4.98 Å². The molecule has 1 amide bonds. The monoisotopic (exact) mass is 529 g/mol. The van der Waals surface area contributed by atoms with Gasteiger partial charge in [-0.2, -0.15) is 20.3 Å². The second-order valence-corrected chi connectivity index (χ2v) is 9.38. The number of hydrazone groups is 1. The molecule has 3 aromatic carbocycles. The normalized spacial score (nSPS) is 15.3. The molecule has 184 valence electrons. The zero-order chi connectivity index (χ0) is 25.9. The Labute approximate surface area is 221 Å². The Balaban J connectivity index is 1.37. The lowest BCUT2D eigenvalue weighted by Gasteiger charge is -2.09. The predicted molar refractivity (Wildman–Crippen MR) is 144 cm³/mol. The summed E-state index contributed by atoms with van der Waals surface area (Å²) in [6.07, 6.45) is 0. The van der Waals surface area contributed by atoms with Gasteiger partial charge in [0.25, 0.3) is 5.91 Å². The van der Waals surface area contributed by atoms with Crippen molar-refractivity contribution in [2.24, 2.45) is 15.3 Å². The topological polar surface area (TPSA) is 96.6 Å².